The third kappa shape index (κ3) is 7.26. The van der Waals surface area contributed by atoms with Crippen LogP contribution in [0.1, 0.15) is 56.6 Å². The lowest BCUT2D eigenvalue weighted by molar-refractivity contribution is -0.136. The van der Waals surface area contributed by atoms with Crippen LogP contribution in [0.2, 0.25) is 0 Å². The van der Waals surface area contributed by atoms with Gasteiger partial charge in [-0.3, -0.25) is 14.3 Å². The van der Waals surface area contributed by atoms with Gasteiger partial charge in [0.1, 0.15) is 24.0 Å². The molecule has 1 aromatic heterocycles. The van der Waals surface area contributed by atoms with Crippen molar-refractivity contribution >= 4 is 11.8 Å². The van der Waals surface area contributed by atoms with Gasteiger partial charge in [-0.2, -0.15) is 5.10 Å². The molecule has 0 bridgehead atoms. The molecule has 182 valence electrons. The molecule has 1 aliphatic heterocycles. The third-order valence-electron chi connectivity index (χ3n) is 5.70. The van der Waals surface area contributed by atoms with Crippen LogP contribution in [0.3, 0.4) is 0 Å². The number of hydrogen-bond acceptors (Lipinski definition) is 7. The van der Waals surface area contributed by atoms with Crippen molar-refractivity contribution in [2.45, 2.75) is 64.4 Å². The fraction of sp³-hybridized carbons (Fsp3) is 0.773. The Morgan fingerprint density at radius 3 is 2.50 bits per heavy atom. The molecule has 2 heterocycles. The molecular weight excluding hydrogens is 416 g/mol. The first-order valence-electron chi connectivity index (χ1n) is 11.3. The highest BCUT2D eigenvalue weighted by molar-refractivity contribution is 5.92. The number of amides is 2. The van der Waals surface area contributed by atoms with Crippen molar-refractivity contribution in [2.75, 3.05) is 46.5 Å². The van der Waals surface area contributed by atoms with Gasteiger partial charge in [0.15, 0.2) is 0 Å². The quantitative estimate of drug-likeness (QED) is 0.690. The Morgan fingerprint density at radius 2 is 1.84 bits per heavy atom. The summed E-state index contributed by atoms with van der Waals surface area (Å²) in [5, 5.41) is 25.0. The van der Waals surface area contributed by atoms with Crippen LogP contribution in [-0.4, -0.2) is 106 Å². The van der Waals surface area contributed by atoms with E-state index in [1.165, 1.54) is 14.0 Å². The molecule has 0 spiro atoms. The fourth-order valence-electron chi connectivity index (χ4n) is 3.80. The number of methoxy groups -OCH3 is 1. The predicted molar refractivity (Wildman–Crippen MR) is 118 cm³/mol. The monoisotopic (exact) mass is 454 g/mol. The molecule has 2 amide bonds. The minimum absolute atomic E-state index is 0.0304. The first-order chi connectivity index (χ1) is 15.3. The van der Waals surface area contributed by atoms with Crippen molar-refractivity contribution < 1.29 is 29.3 Å². The van der Waals surface area contributed by atoms with Crippen LogP contribution in [0, 0.1) is 0 Å². The van der Waals surface area contributed by atoms with Crippen molar-refractivity contribution in [1.82, 2.24) is 19.6 Å². The standard InChI is InChI=1S/C22H38N4O6/c1-16(2)26-18(8-9-23-26)22(30)24-10-5-6-13-32-15-19(28)21(29)20(31-4)14-25(17(3)27)12-7-11-24/h8-9,16,19-21,28-29H,5-7,10-15H2,1-4H3/t19-,20-,21-/m0/s1. The zero-order valence-electron chi connectivity index (χ0n) is 19.6. The lowest BCUT2D eigenvalue weighted by Gasteiger charge is -2.31. The molecule has 0 radical (unpaired) electrons. The maximum Gasteiger partial charge on any atom is 0.272 e. The molecular formula is C22H38N4O6. The van der Waals surface area contributed by atoms with Crippen LogP contribution in [0.4, 0.5) is 0 Å². The average Bonchev–Trinajstić information content (AvgIpc) is 3.25. The minimum atomic E-state index is -1.18. The predicted octanol–water partition coefficient (Wildman–Crippen LogP) is 0.692. The highest BCUT2D eigenvalue weighted by Crippen LogP contribution is 2.14. The Hall–Kier alpha value is -2.01. The van der Waals surface area contributed by atoms with Crippen molar-refractivity contribution in [3.63, 3.8) is 0 Å². The van der Waals surface area contributed by atoms with E-state index in [2.05, 4.69) is 5.10 Å². The number of rotatable bonds is 3. The zero-order chi connectivity index (χ0) is 23.7. The maximum absolute atomic E-state index is 13.2. The van der Waals surface area contributed by atoms with E-state index in [-0.39, 0.29) is 31.0 Å². The van der Waals surface area contributed by atoms with E-state index in [4.69, 9.17) is 9.47 Å². The summed E-state index contributed by atoms with van der Waals surface area (Å²) in [5.41, 5.74) is 0.545. The molecule has 32 heavy (non-hydrogen) atoms. The summed E-state index contributed by atoms with van der Waals surface area (Å²) in [5.74, 6) is -0.249. The summed E-state index contributed by atoms with van der Waals surface area (Å²) in [6.07, 6.45) is 0.608. The third-order valence-corrected chi connectivity index (χ3v) is 5.70. The summed E-state index contributed by atoms with van der Waals surface area (Å²) in [6.45, 7) is 7.37. The molecule has 0 saturated carbocycles. The first-order valence-corrected chi connectivity index (χ1v) is 11.3. The van der Waals surface area contributed by atoms with Gasteiger partial charge in [-0.25, -0.2) is 0 Å². The molecule has 1 aromatic rings. The molecule has 1 saturated heterocycles. The second-order valence-corrected chi connectivity index (χ2v) is 8.48. The van der Waals surface area contributed by atoms with Crippen LogP contribution in [-0.2, 0) is 14.3 Å². The maximum atomic E-state index is 13.2. The highest BCUT2D eigenvalue weighted by atomic mass is 16.5. The van der Waals surface area contributed by atoms with Gasteiger partial charge in [0.2, 0.25) is 5.91 Å². The second kappa shape index (κ2) is 12.9. The van der Waals surface area contributed by atoms with Gasteiger partial charge >= 0.3 is 0 Å². The number of aromatic nitrogens is 2. The van der Waals surface area contributed by atoms with Gasteiger partial charge in [0.25, 0.3) is 5.91 Å². The van der Waals surface area contributed by atoms with Gasteiger partial charge in [-0.15, -0.1) is 0 Å². The molecule has 1 fully saturated rings. The summed E-state index contributed by atoms with van der Waals surface area (Å²) in [7, 11) is 1.44. The number of nitrogens with zero attached hydrogens (tertiary/aromatic N) is 4. The molecule has 0 aliphatic carbocycles. The fourth-order valence-corrected chi connectivity index (χ4v) is 3.80. The molecule has 2 rings (SSSR count). The minimum Gasteiger partial charge on any atom is -0.388 e. The Morgan fingerprint density at radius 1 is 1.16 bits per heavy atom. The number of carbonyl (C=O) groups excluding carboxylic acids is 2. The molecule has 10 nitrogen and oxygen atoms in total. The number of aliphatic hydroxyl groups excluding tert-OH is 2. The largest absolute Gasteiger partial charge is 0.388 e. The van der Waals surface area contributed by atoms with E-state index in [9.17, 15) is 19.8 Å². The lowest BCUT2D eigenvalue weighted by Crippen LogP contribution is -2.48. The summed E-state index contributed by atoms with van der Waals surface area (Å²) < 4.78 is 12.6. The Bertz CT molecular complexity index is 725. The lowest BCUT2D eigenvalue weighted by atomic mass is 10.1. The van der Waals surface area contributed by atoms with Crippen LogP contribution < -0.4 is 0 Å². The van der Waals surface area contributed by atoms with Gasteiger partial charge in [-0.1, -0.05) is 0 Å². The van der Waals surface area contributed by atoms with Crippen molar-refractivity contribution in [2.24, 2.45) is 0 Å². The van der Waals surface area contributed by atoms with Crippen LogP contribution >= 0.6 is 0 Å². The molecule has 3 atom stereocenters. The summed E-state index contributed by atoms with van der Waals surface area (Å²) in [4.78, 5) is 28.8. The molecule has 0 unspecified atom stereocenters. The molecule has 1 aliphatic rings. The van der Waals surface area contributed by atoms with Gasteiger partial charge < -0.3 is 29.5 Å². The van der Waals surface area contributed by atoms with E-state index < -0.39 is 18.3 Å². The number of aliphatic hydroxyl groups is 2. The Balaban J connectivity index is 2.16. The Labute approximate surface area is 190 Å². The molecule has 0 aromatic carbocycles. The highest BCUT2D eigenvalue weighted by Gasteiger charge is 2.29. The topological polar surface area (TPSA) is 117 Å². The van der Waals surface area contributed by atoms with Crippen LogP contribution in [0.25, 0.3) is 0 Å². The van der Waals surface area contributed by atoms with Crippen molar-refractivity contribution in [3.8, 4) is 0 Å². The normalized spacial score (nSPS) is 24.8. The van der Waals surface area contributed by atoms with Gasteiger partial charge in [0, 0.05) is 59.1 Å². The number of carbonyl (C=O) groups is 2. The van der Waals surface area contributed by atoms with E-state index in [0.717, 1.165) is 6.42 Å². The average molecular weight is 455 g/mol. The number of hydrogen-bond donors (Lipinski definition) is 2. The van der Waals surface area contributed by atoms with Crippen LogP contribution in [0.15, 0.2) is 12.3 Å². The molecule has 2 N–H and O–H groups in total. The first kappa shape index (κ1) is 26.2. The van der Waals surface area contributed by atoms with E-state index in [1.54, 1.807) is 26.7 Å². The van der Waals surface area contributed by atoms with Gasteiger partial charge in [0.05, 0.1) is 6.61 Å². The molecule has 10 heteroatoms. The second-order valence-electron chi connectivity index (χ2n) is 8.48. The number of ether oxygens (including phenoxy) is 2. The smallest absolute Gasteiger partial charge is 0.272 e. The van der Waals surface area contributed by atoms with Crippen molar-refractivity contribution in [3.05, 3.63) is 18.0 Å². The van der Waals surface area contributed by atoms with E-state index in [0.29, 0.717) is 44.8 Å². The Kier molecular flexibility index (Phi) is 10.6. The van der Waals surface area contributed by atoms with Gasteiger partial charge in [-0.05, 0) is 39.2 Å². The van der Waals surface area contributed by atoms with E-state index in [1.807, 2.05) is 13.8 Å². The van der Waals surface area contributed by atoms with Crippen LogP contribution in [0.5, 0.6) is 0 Å². The zero-order valence-corrected chi connectivity index (χ0v) is 19.6. The van der Waals surface area contributed by atoms with Crippen molar-refractivity contribution in [1.29, 1.82) is 0 Å². The SMILES string of the molecule is CO[C@H]1CN(C(C)=O)CCCN(C(=O)c2ccnn2C(C)C)CCCCOC[C@H](O)[C@@H]1O. The summed E-state index contributed by atoms with van der Waals surface area (Å²) in [6, 6.07) is 1.80. The van der Waals surface area contributed by atoms with E-state index >= 15 is 0 Å². The summed E-state index contributed by atoms with van der Waals surface area (Å²) >= 11 is 0.